The molecule has 4 aliphatic rings. The van der Waals surface area contributed by atoms with Crippen LogP contribution in [0.1, 0.15) is 109 Å². The van der Waals surface area contributed by atoms with Crippen LogP contribution in [0.5, 0.6) is 0 Å². The van der Waals surface area contributed by atoms with Crippen LogP contribution < -0.4 is 16.4 Å². The van der Waals surface area contributed by atoms with Gasteiger partial charge in [0, 0.05) is 38.3 Å². The molecule has 44 heteroatoms. The smallest absolute Gasteiger partial charge is 0.390 e. The van der Waals surface area contributed by atoms with Crippen LogP contribution in [0.4, 0.5) is 0 Å². The van der Waals surface area contributed by atoms with Crippen LogP contribution in [0.25, 0.3) is 0 Å². The van der Waals surface area contributed by atoms with Gasteiger partial charge in [-0.1, -0.05) is 68.9 Å². The predicted molar refractivity (Wildman–Crippen MR) is 304 cm³/mol. The predicted octanol–water partition coefficient (Wildman–Crippen LogP) is 4.42. The molecule has 2 heterocycles. The van der Waals surface area contributed by atoms with Crippen molar-refractivity contribution in [3.05, 3.63) is 35.9 Å². The topological polar surface area (TPSA) is 562 Å². The summed E-state index contributed by atoms with van der Waals surface area (Å²) in [5, 5.41) is 24.9. The quantitative estimate of drug-likeness (QED) is 0.0324. The summed E-state index contributed by atoms with van der Waals surface area (Å²) in [7, 11) is -41.5. The third kappa shape index (κ3) is 31.8. The van der Waals surface area contributed by atoms with E-state index in [1.807, 2.05) is 0 Å². The van der Waals surface area contributed by atoms with Crippen LogP contribution >= 0.6 is 62.1 Å². The van der Waals surface area contributed by atoms with Gasteiger partial charge in [-0.05, 0) is 62.8 Å². The van der Waals surface area contributed by atoms with Crippen LogP contribution in [-0.2, 0) is 107 Å². The SMILES string of the molecule is CC(=O)CC(CCP(=O)(O)O)C(=O)NCCOP(=O)(O)OP(=O)(O)OP(=O)(O)OC[C@H]1O[C@@H](C2CCCCC2)CC1O.NC(CCP(=O)(O)OCc1ccccc1)C(=O)NCCOP(=O)(O)OP(=O)(O)OP(=O)(O)OC[C@H]1O[C@@H](C2CCCCC2)CC1O. The molecule has 2 amide bonds. The van der Waals surface area contributed by atoms with E-state index in [1.165, 1.54) is 6.92 Å². The first-order valence-corrected chi connectivity index (χ1v) is 40.2. The number of ether oxygens (including phenoxy) is 2. The van der Waals surface area contributed by atoms with Crippen LogP contribution in [0, 0.1) is 17.8 Å². The van der Waals surface area contributed by atoms with E-state index in [4.69, 9.17) is 29.5 Å². The molecule has 4 fully saturated rings. The van der Waals surface area contributed by atoms with Gasteiger partial charge in [0.1, 0.15) is 18.0 Å². The molecule has 15 N–H and O–H groups in total. The number of amides is 2. The second-order valence-electron chi connectivity index (χ2n) is 21.1. The van der Waals surface area contributed by atoms with Crippen LogP contribution in [0.2, 0.25) is 0 Å². The van der Waals surface area contributed by atoms with Crippen molar-refractivity contribution in [2.45, 2.75) is 153 Å². The van der Waals surface area contributed by atoms with Gasteiger partial charge in [0.25, 0.3) is 0 Å². The van der Waals surface area contributed by atoms with Crippen LogP contribution in [-0.4, -0.2) is 166 Å². The normalized spacial score (nSPS) is 26.8. The number of hydrogen-bond donors (Lipinski definition) is 14. The molecule has 36 nitrogen and oxygen atoms in total. The number of aliphatic hydroxyl groups excluding tert-OH is 2. The molecule has 0 aromatic heterocycles. The van der Waals surface area contributed by atoms with Crippen molar-refractivity contribution < 1.29 is 154 Å². The maximum atomic E-state index is 12.2. The number of phosphoric acid groups is 6. The number of nitrogens with one attached hydrogen (secondary N) is 2. The molecular weight excluding hydrogens is 1350 g/mol. The van der Waals surface area contributed by atoms with E-state index in [2.05, 4.69) is 46.0 Å². The molecule has 11 unspecified atom stereocenters. The number of aliphatic hydroxyl groups is 2. The fourth-order valence-electron chi connectivity index (χ4n) is 9.61. The van der Waals surface area contributed by atoms with E-state index in [0.29, 0.717) is 12.0 Å². The van der Waals surface area contributed by atoms with Crippen molar-refractivity contribution in [3.63, 3.8) is 0 Å². The number of benzene rings is 1. The van der Waals surface area contributed by atoms with Crippen molar-refractivity contribution in [2.75, 3.05) is 51.8 Å². The van der Waals surface area contributed by atoms with Gasteiger partial charge in [0.05, 0.1) is 75.8 Å². The summed E-state index contributed by atoms with van der Waals surface area (Å²) in [6.45, 7) is -2.81. The summed E-state index contributed by atoms with van der Waals surface area (Å²) < 4.78 is 147. The third-order valence-electron chi connectivity index (χ3n) is 13.8. The van der Waals surface area contributed by atoms with Gasteiger partial charge < -0.3 is 89.4 Å². The summed E-state index contributed by atoms with van der Waals surface area (Å²) in [6, 6.07) is 7.40. The zero-order valence-corrected chi connectivity index (χ0v) is 54.8. The fourth-order valence-corrected chi connectivity index (χ4v) is 18.4. The standard InChI is InChI=1S/C24H42N2O16P4.C20H39NO17P4/c25-20(11-14-43(29,30)38-16-18-7-3-1-4-8-18)24(28)26-12-13-37-44(31,32)41-46(35,36)42-45(33,34)39-17-23-21(27)15-22(40-23)19-9-5-2-6-10-19;1-14(22)11-16(7-10-39(25,26)27)20(24)21-8-9-34-40(28,29)37-42(32,33)38-41(30,31)35-13-19-17(23)12-18(36-19)15-5-3-2-4-6-15/h1,3-4,7-8,19-23,27H,2,5-6,9-17,25H2,(H,26,28)(H,29,30)(H,31,32)(H,33,34)(H,35,36);15-19,23H,2-13H2,1H3,(H,21,24)(H,28,29)(H,30,31)(H,32,33)(H2,25,26,27)/t20?,21?,22-,23-;16?,17?,18-,19-/m11/s1. The fraction of sp³-hybridized carbons (Fsp3) is 0.795. The Morgan fingerprint density at radius 2 is 0.966 bits per heavy atom. The van der Waals surface area contributed by atoms with Gasteiger partial charge in [0.2, 0.25) is 11.8 Å². The number of nitrogens with two attached hydrogens (primary N) is 1. The van der Waals surface area contributed by atoms with Gasteiger partial charge in [-0.25, -0.2) is 27.4 Å². The zero-order valence-electron chi connectivity index (χ0n) is 47.7. The largest absolute Gasteiger partial charge is 0.490 e. The first-order chi connectivity index (χ1) is 40.7. The lowest BCUT2D eigenvalue weighted by atomic mass is 9.84. The van der Waals surface area contributed by atoms with Gasteiger partial charge in [-0.2, -0.15) is 17.2 Å². The second-order valence-corrected chi connectivity index (χ2v) is 34.1. The maximum Gasteiger partial charge on any atom is 0.490 e. The second kappa shape index (κ2) is 36.0. The average Bonchev–Trinajstić information content (AvgIpc) is 4.05. The molecule has 2 saturated heterocycles. The Morgan fingerprint density at radius 3 is 1.38 bits per heavy atom. The number of phosphoric ester groups is 4. The van der Waals surface area contributed by atoms with E-state index in [-0.39, 0.29) is 56.3 Å². The van der Waals surface area contributed by atoms with E-state index >= 15 is 0 Å². The first-order valence-electron chi connectivity index (χ1n) is 27.7. The van der Waals surface area contributed by atoms with Gasteiger partial charge in [-0.15, -0.1) is 0 Å². The highest BCUT2D eigenvalue weighted by Gasteiger charge is 2.47. The molecule has 510 valence electrons. The first kappa shape index (κ1) is 79.2. The highest BCUT2D eigenvalue weighted by molar-refractivity contribution is 7.67. The molecule has 2 aliphatic heterocycles. The minimum atomic E-state index is -5.75. The Hall–Kier alpha value is -1.25. The monoisotopic (exact) mass is 1430 g/mol. The zero-order chi connectivity index (χ0) is 65.8. The Morgan fingerprint density at radius 1 is 0.557 bits per heavy atom. The Balaban J connectivity index is 0.000000378. The Labute approximate surface area is 506 Å². The van der Waals surface area contributed by atoms with Crippen molar-refractivity contribution >= 4 is 79.7 Å². The third-order valence-corrected chi connectivity index (χ3v) is 24.6. The van der Waals surface area contributed by atoms with E-state index in [0.717, 1.165) is 64.2 Å². The molecule has 0 bridgehead atoms. The lowest BCUT2D eigenvalue weighted by molar-refractivity contribution is -0.129. The van der Waals surface area contributed by atoms with E-state index in [9.17, 15) is 95.4 Å². The lowest BCUT2D eigenvalue weighted by Gasteiger charge is -2.27. The summed E-state index contributed by atoms with van der Waals surface area (Å²) in [5.74, 6) is -2.69. The van der Waals surface area contributed by atoms with Gasteiger partial charge in [0.15, 0.2) is 0 Å². The molecule has 0 spiro atoms. The summed E-state index contributed by atoms with van der Waals surface area (Å²) >= 11 is 0. The minimum Gasteiger partial charge on any atom is -0.390 e. The molecule has 15 atom stereocenters. The van der Waals surface area contributed by atoms with E-state index < -0.39 is 168 Å². The van der Waals surface area contributed by atoms with Crippen molar-refractivity contribution in [1.29, 1.82) is 0 Å². The molecule has 2 aliphatic carbocycles. The summed E-state index contributed by atoms with van der Waals surface area (Å²) in [4.78, 5) is 122. The van der Waals surface area contributed by atoms with Crippen molar-refractivity contribution in [3.8, 4) is 0 Å². The molecule has 1 aromatic rings. The van der Waals surface area contributed by atoms with Crippen molar-refractivity contribution in [2.24, 2.45) is 23.5 Å². The van der Waals surface area contributed by atoms with Crippen LogP contribution in [0.15, 0.2) is 30.3 Å². The Kier molecular flexibility index (Phi) is 32.4. The summed E-state index contributed by atoms with van der Waals surface area (Å²) in [5.41, 5.74) is 6.39. The van der Waals surface area contributed by atoms with Crippen molar-refractivity contribution in [1.82, 2.24) is 10.6 Å². The number of hydrogen-bond acceptors (Lipinski definition) is 25. The molecule has 88 heavy (non-hydrogen) atoms. The number of Topliss-reactive ketones (excluding diaryl/α,β-unsaturated/α-hetero) is 1. The highest BCUT2D eigenvalue weighted by Crippen LogP contribution is 2.69. The lowest BCUT2D eigenvalue weighted by Crippen LogP contribution is -2.42. The number of carbonyl (C=O) groups is 3. The average molecular weight is 1430 g/mol. The number of carbonyl (C=O) groups excluding carboxylic acids is 3. The van der Waals surface area contributed by atoms with Gasteiger partial charge >= 0.3 is 62.1 Å². The van der Waals surface area contributed by atoms with Gasteiger partial charge in [-0.3, -0.25) is 36.8 Å². The summed E-state index contributed by atoms with van der Waals surface area (Å²) in [6.07, 6.45) is 4.09. The highest BCUT2D eigenvalue weighted by atomic mass is 31.3. The van der Waals surface area contributed by atoms with E-state index in [1.54, 1.807) is 30.3 Å². The number of ketones is 1. The van der Waals surface area contributed by atoms with Crippen LogP contribution in [0.3, 0.4) is 0 Å². The maximum absolute atomic E-state index is 12.2. The Bertz CT molecular complexity index is 2790. The minimum absolute atomic E-state index is 0.119. The number of rotatable bonds is 37. The molecular formula is C44H81N3O33P8. The molecule has 2 saturated carbocycles. The molecule has 0 radical (unpaired) electrons. The molecule has 5 rings (SSSR count). The molecule has 1 aromatic carbocycles.